The van der Waals surface area contributed by atoms with Crippen molar-refractivity contribution in [3.8, 4) is 6.07 Å². The summed E-state index contributed by atoms with van der Waals surface area (Å²) < 4.78 is 0. The molecule has 3 nitrogen and oxygen atoms in total. The second kappa shape index (κ2) is 3.84. The lowest BCUT2D eigenvalue weighted by molar-refractivity contribution is 0.956. The fraction of sp³-hybridized carbons (Fsp3) is 0.182. The monoisotopic (exact) mass is 219 g/mol. The number of rotatable bonds is 1. The van der Waals surface area contributed by atoms with Gasteiger partial charge in [0.05, 0.1) is 11.6 Å². The van der Waals surface area contributed by atoms with E-state index in [4.69, 9.17) is 22.6 Å². The van der Waals surface area contributed by atoms with Crippen LogP contribution in [0.25, 0.3) is 0 Å². The van der Waals surface area contributed by atoms with Crippen LogP contribution in [0.15, 0.2) is 35.7 Å². The topological polar surface area (TPSA) is 53.1 Å². The smallest absolute Gasteiger partial charge is 0.117 e. The molecule has 0 aliphatic carbocycles. The van der Waals surface area contributed by atoms with Gasteiger partial charge in [-0.15, -0.1) is 0 Å². The minimum Gasteiger partial charge on any atom is -0.384 e. The van der Waals surface area contributed by atoms with Gasteiger partial charge in [-0.25, -0.2) is 0 Å². The van der Waals surface area contributed by atoms with Gasteiger partial charge in [0.25, 0.3) is 0 Å². The van der Waals surface area contributed by atoms with Crippen LogP contribution in [0, 0.1) is 11.3 Å². The van der Waals surface area contributed by atoms with Crippen LogP contribution in [-0.4, -0.2) is 6.54 Å². The maximum Gasteiger partial charge on any atom is 0.117 e. The van der Waals surface area contributed by atoms with Crippen LogP contribution in [0.2, 0.25) is 5.02 Å². The van der Waals surface area contributed by atoms with Crippen molar-refractivity contribution in [1.29, 1.82) is 5.26 Å². The first-order valence-electron chi connectivity index (χ1n) is 4.64. The fourth-order valence-electron chi connectivity index (χ4n) is 1.64. The van der Waals surface area contributed by atoms with E-state index in [1.807, 2.05) is 29.2 Å². The van der Waals surface area contributed by atoms with Crippen LogP contribution < -0.4 is 10.6 Å². The molecule has 0 bridgehead atoms. The molecular formula is C11H10ClN3. The molecule has 15 heavy (non-hydrogen) atoms. The zero-order valence-electron chi connectivity index (χ0n) is 8.07. The predicted molar refractivity (Wildman–Crippen MR) is 60.2 cm³/mol. The van der Waals surface area contributed by atoms with Crippen LogP contribution in [0.4, 0.5) is 5.69 Å². The zero-order valence-corrected chi connectivity index (χ0v) is 8.83. The van der Waals surface area contributed by atoms with Gasteiger partial charge in [0.2, 0.25) is 0 Å². The lowest BCUT2D eigenvalue weighted by atomic mass is 10.2. The molecule has 0 atom stereocenters. The largest absolute Gasteiger partial charge is 0.384 e. The Hall–Kier alpha value is -1.66. The van der Waals surface area contributed by atoms with Gasteiger partial charge in [-0.2, -0.15) is 5.26 Å². The van der Waals surface area contributed by atoms with Gasteiger partial charge in [0.1, 0.15) is 5.82 Å². The number of nitriles is 1. The summed E-state index contributed by atoms with van der Waals surface area (Å²) in [6, 6.07) is 9.54. The third-order valence-electron chi connectivity index (χ3n) is 2.46. The van der Waals surface area contributed by atoms with E-state index in [1.54, 1.807) is 0 Å². The predicted octanol–water partition coefficient (Wildman–Crippen LogP) is 2.24. The summed E-state index contributed by atoms with van der Waals surface area (Å²) in [6.45, 7) is 0.760. The standard InChI is InChI=1S/C11H10ClN3/c12-9-1-3-10(4-2-9)15-6-5-8(7-13)11(15)14/h1-4H,5-6,14H2. The van der Waals surface area contributed by atoms with E-state index in [2.05, 4.69) is 6.07 Å². The average molecular weight is 220 g/mol. The summed E-state index contributed by atoms with van der Waals surface area (Å²) >= 11 is 5.80. The molecule has 1 aliphatic heterocycles. The number of nitrogens with zero attached hydrogens (tertiary/aromatic N) is 2. The molecular weight excluding hydrogens is 210 g/mol. The number of halogens is 1. The second-order valence-corrected chi connectivity index (χ2v) is 3.79. The van der Waals surface area contributed by atoms with Gasteiger partial charge in [-0.05, 0) is 24.3 Å². The molecule has 0 saturated heterocycles. The third-order valence-corrected chi connectivity index (χ3v) is 2.71. The molecule has 4 heteroatoms. The van der Waals surface area contributed by atoms with Crippen molar-refractivity contribution in [2.45, 2.75) is 6.42 Å². The lowest BCUT2D eigenvalue weighted by Gasteiger charge is -2.19. The maximum absolute atomic E-state index is 8.81. The van der Waals surface area contributed by atoms with Gasteiger partial charge >= 0.3 is 0 Å². The average Bonchev–Trinajstić information content (AvgIpc) is 2.61. The van der Waals surface area contributed by atoms with Crippen molar-refractivity contribution in [2.24, 2.45) is 5.73 Å². The minimum absolute atomic E-state index is 0.555. The molecule has 0 amide bonds. The molecule has 1 heterocycles. The van der Waals surface area contributed by atoms with E-state index in [1.165, 1.54) is 0 Å². The van der Waals surface area contributed by atoms with Crippen molar-refractivity contribution in [3.63, 3.8) is 0 Å². The van der Waals surface area contributed by atoms with Crippen molar-refractivity contribution < 1.29 is 0 Å². The molecule has 0 spiro atoms. The normalized spacial score (nSPS) is 15.6. The summed E-state index contributed by atoms with van der Waals surface area (Å²) in [5.74, 6) is 0.555. The van der Waals surface area contributed by atoms with Gasteiger partial charge in [-0.3, -0.25) is 0 Å². The van der Waals surface area contributed by atoms with Crippen LogP contribution in [0.5, 0.6) is 0 Å². The molecule has 0 aromatic heterocycles. The number of nitrogens with two attached hydrogens (primary N) is 1. The van der Waals surface area contributed by atoms with Crippen molar-refractivity contribution in [1.82, 2.24) is 0 Å². The van der Waals surface area contributed by atoms with Crippen LogP contribution in [-0.2, 0) is 0 Å². The quantitative estimate of drug-likeness (QED) is 0.788. The summed E-state index contributed by atoms with van der Waals surface area (Å²) in [5.41, 5.74) is 7.49. The molecule has 2 N–H and O–H groups in total. The fourth-order valence-corrected chi connectivity index (χ4v) is 1.76. The summed E-state index contributed by atoms with van der Waals surface area (Å²) in [6.07, 6.45) is 0.713. The minimum atomic E-state index is 0.555. The highest BCUT2D eigenvalue weighted by Crippen LogP contribution is 2.26. The Morgan fingerprint density at radius 2 is 2.00 bits per heavy atom. The van der Waals surface area contributed by atoms with Crippen molar-refractivity contribution in [2.75, 3.05) is 11.4 Å². The highest BCUT2D eigenvalue weighted by Gasteiger charge is 2.20. The molecule has 1 aromatic carbocycles. The van der Waals surface area contributed by atoms with Crippen LogP contribution in [0.3, 0.4) is 0 Å². The molecule has 0 fully saturated rings. The van der Waals surface area contributed by atoms with Crippen LogP contribution >= 0.6 is 11.6 Å². The molecule has 0 unspecified atom stereocenters. The second-order valence-electron chi connectivity index (χ2n) is 3.35. The van der Waals surface area contributed by atoms with Crippen LogP contribution in [0.1, 0.15) is 6.42 Å². The molecule has 76 valence electrons. The Morgan fingerprint density at radius 1 is 1.33 bits per heavy atom. The number of benzene rings is 1. The maximum atomic E-state index is 8.81. The molecule has 2 rings (SSSR count). The summed E-state index contributed by atoms with van der Waals surface area (Å²) in [4.78, 5) is 1.93. The van der Waals surface area contributed by atoms with E-state index in [0.717, 1.165) is 12.2 Å². The number of hydrogen-bond acceptors (Lipinski definition) is 3. The van der Waals surface area contributed by atoms with Gasteiger partial charge < -0.3 is 10.6 Å². The number of hydrogen-bond donors (Lipinski definition) is 1. The lowest BCUT2D eigenvalue weighted by Crippen LogP contribution is -2.23. The highest BCUT2D eigenvalue weighted by atomic mass is 35.5. The Balaban J connectivity index is 2.31. The molecule has 0 saturated carbocycles. The van der Waals surface area contributed by atoms with Gasteiger partial charge in [0, 0.05) is 23.7 Å². The first kappa shape index (κ1) is 9.88. The molecule has 1 aliphatic rings. The third kappa shape index (κ3) is 1.77. The Labute approximate surface area is 93.4 Å². The van der Waals surface area contributed by atoms with Gasteiger partial charge in [-0.1, -0.05) is 11.6 Å². The van der Waals surface area contributed by atoms with Crippen molar-refractivity contribution >= 4 is 17.3 Å². The highest BCUT2D eigenvalue weighted by molar-refractivity contribution is 6.30. The Kier molecular flexibility index (Phi) is 2.53. The first-order chi connectivity index (χ1) is 7.22. The number of anilines is 1. The van der Waals surface area contributed by atoms with E-state index >= 15 is 0 Å². The van der Waals surface area contributed by atoms with E-state index in [0.29, 0.717) is 22.8 Å². The first-order valence-corrected chi connectivity index (χ1v) is 5.02. The van der Waals surface area contributed by atoms with E-state index in [9.17, 15) is 0 Å². The van der Waals surface area contributed by atoms with Crippen molar-refractivity contribution in [3.05, 3.63) is 40.7 Å². The van der Waals surface area contributed by atoms with E-state index in [-0.39, 0.29) is 0 Å². The zero-order chi connectivity index (χ0) is 10.8. The molecule has 1 aromatic rings. The summed E-state index contributed by atoms with van der Waals surface area (Å²) in [7, 11) is 0. The summed E-state index contributed by atoms with van der Waals surface area (Å²) in [5, 5.41) is 9.50. The van der Waals surface area contributed by atoms with E-state index < -0.39 is 0 Å². The van der Waals surface area contributed by atoms with Gasteiger partial charge in [0.15, 0.2) is 0 Å². The Morgan fingerprint density at radius 3 is 2.53 bits per heavy atom. The SMILES string of the molecule is N#CC1=C(N)N(c2ccc(Cl)cc2)CC1. The molecule has 0 radical (unpaired) electrons. The Bertz CT molecular complexity index is 442.